The minimum Gasteiger partial charge on any atom is -0.467 e. The Hall–Kier alpha value is -2.55. The molecule has 0 fully saturated rings. The number of rotatable bonds is 4. The maximum atomic E-state index is 12.7. The Morgan fingerprint density at radius 3 is 2.28 bits per heavy atom. The van der Waals surface area contributed by atoms with Gasteiger partial charge in [-0.05, 0) is 42.0 Å². The number of amides is 1. The van der Waals surface area contributed by atoms with Crippen molar-refractivity contribution >= 4 is 35.1 Å². The van der Waals surface area contributed by atoms with E-state index in [-0.39, 0.29) is 5.02 Å². The molecule has 0 N–H and O–H groups in total. The smallest absolute Gasteiger partial charge is 0.333 e. The van der Waals surface area contributed by atoms with Gasteiger partial charge < -0.3 is 9.64 Å². The van der Waals surface area contributed by atoms with E-state index in [1.165, 1.54) is 49.4 Å². The molecule has 2 aromatic carbocycles. The van der Waals surface area contributed by atoms with Gasteiger partial charge in [0.15, 0.2) is 6.04 Å². The molecule has 0 radical (unpaired) electrons. The second-order valence-electron chi connectivity index (χ2n) is 5.20. The highest BCUT2D eigenvalue weighted by atomic mass is 35.5. The molecule has 2 aromatic rings. The monoisotopic (exact) mass is 376 g/mol. The Labute approximate surface area is 155 Å². The van der Waals surface area contributed by atoms with E-state index in [0.29, 0.717) is 21.7 Å². The maximum Gasteiger partial charge on any atom is 0.333 e. The van der Waals surface area contributed by atoms with E-state index in [2.05, 4.69) is 0 Å². The lowest BCUT2D eigenvalue weighted by molar-refractivity contribution is -0.145. The Balaban J connectivity index is 2.39. The van der Waals surface area contributed by atoms with E-state index in [9.17, 15) is 9.59 Å². The summed E-state index contributed by atoms with van der Waals surface area (Å²) in [5, 5.41) is 9.45. The van der Waals surface area contributed by atoms with Gasteiger partial charge in [0.1, 0.15) is 0 Å². The molecule has 0 spiro atoms. The molecule has 0 unspecified atom stereocenters. The molecule has 0 aliphatic rings. The summed E-state index contributed by atoms with van der Waals surface area (Å²) >= 11 is 11.9. The normalized spacial score (nSPS) is 11.3. The van der Waals surface area contributed by atoms with Gasteiger partial charge in [0, 0.05) is 12.6 Å². The van der Waals surface area contributed by atoms with Crippen LogP contribution in [0, 0.1) is 11.3 Å². The summed E-state index contributed by atoms with van der Waals surface area (Å²) in [5.74, 6) is -1.01. The lowest BCUT2D eigenvalue weighted by atomic mass is 10.0. The number of carbonyl (C=O) groups is 2. The lowest BCUT2D eigenvalue weighted by Crippen LogP contribution is -2.36. The summed E-state index contributed by atoms with van der Waals surface area (Å²) in [6.45, 7) is 0. The minimum absolute atomic E-state index is 0.271. The van der Waals surface area contributed by atoms with E-state index in [1.807, 2.05) is 6.07 Å². The third-order valence-corrected chi connectivity index (χ3v) is 4.39. The van der Waals surface area contributed by atoms with Crippen molar-refractivity contribution in [3.8, 4) is 6.07 Å². The van der Waals surface area contributed by atoms with E-state index >= 15 is 0 Å². The molecule has 128 valence electrons. The van der Waals surface area contributed by atoms with Crippen molar-refractivity contribution in [1.82, 2.24) is 4.90 Å². The van der Waals surface area contributed by atoms with Crippen molar-refractivity contribution in [1.29, 1.82) is 5.26 Å². The Kier molecular flexibility index (Phi) is 6.02. The van der Waals surface area contributed by atoms with Crippen LogP contribution in [0.4, 0.5) is 0 Å². The number of likely N-dealkylation sites (N-methyl/N-ethyl adjacent to an activating group) is 1. The van der Waals surface area contributed by atoms with Crippen LogP contribution in [0.15, 0.2) is 42.5 Å². The first-order valence-corrected chi connectivity index (χ1v) is 7.94. The van der Waals surface area contributed by atoms with Crippen molar-refractivity contribution in [3.05, 3.63) is 69.2 Å². The van der Waals surface area contributed by atoms with Crippen LogP contribution in [0.1, 0.15) is 27.5 Å². The zero-order chi connectivity index (χ0) is 18.6. The van der Waals surface area contributed by atoms with Gasteiger partial charge in [0.25, 0.3) is 5.91 Å². The van der Waals surface area contributed by atoms with Gasteiger partial charge in [-0.2, -0.15) is 5.26 Å². The van der Waals surface area contributed by atoms with E-state index in [1.54, 1.807) is 12.1 Å². The van der Waals surface area contributed by atoms with Crippen molar-refractivity contribution in [3.63, 3.8) is 0 Å². The summed E-state index contributed by atoms with van der Waals surface area (Å²) in [6, 6.07) is 11.8. The highest BCUT2D eigenvalue weighted by Gasteiger charge is 2.30. The van der Waals surface area contributed by atoms with Crippen molar-refractivity contribution in [2.45, 2.75) is 6.04 Å². The van der Waals surface area contributed by atoms with Crippen LogP contribution < -0.4 is 0 Å². The van der Waals surface area contributed by atoms with Crippen LogP contribution in [-0.4, -0.2) is 30.9 Å². The van der Waals surface area contributed by atoms with Crippen molar-refractivity contribution < 1.29 is 14.3 Å². The summed E-state index contributed by atoms with van der Waals surface area (Å²) in [7, 11) is 2.73. The van der Waals surface area contributed by atoms with Gasteiger partial charge in [-0.25, -0.2) is 4.79 Å². The van der Waals surface area contributed by atoms with Gasteiger partial charge in [-0.1, -0.05) is 29.3 Å². The molecule has 1 amide bonds. The number of esters is 1. The van der Waals surface area contributed by atoms with E-state index in [0.717, 1.165) is 0 Å². The molecule has 5 nitrogen and oxygen atoms in total. The molecule has 7 heteroatoms. The number of methoxy groups -OCH3 is 1. The van der Waals surface area contributed by atoms with Crippen molar-refractivity contribution in [2.75, 3.05) is 14.2 Å². The fourth-order valence-corrected chi connectivity index (χ4v) is 2.63. The molecule has 25 heavy (non-hydrogen) atoms. The Bertz CT molecular complexity index is 844. The molecule has 0 heterocycles. The SMILES string of the molecule is COC(=O)[C@@H](c1ccc(Cl)c(Cl)c1)N(C)C(=O)c1ccc(C#N)cc1. The lowest BCUT2D eigenvalue weighted by Gasteiger charge is -2.26. The summed E-state index contributed by atoms with van der Waals surface area (Å²) in [4.78, 5) is 26.2. The quantitative estimate of drug-likeness (QED) is 0.759. The predicted molar refractivity (Wildman–Crippen MR) is 94.5 cm³/mol. The average molecular weight is 377 g/mol. The number of hydrogen-bond acceptors (Lipinski definition) is 4. The van der Waals surface area contributed by atoms with Gasteiger partial charge in [-0.15, -0.1) is 0 Å². The number of ether oxygens (including phenoxy) is 1. The Morgan fingerprint density at radius 1 is 1.12 bits per heavy atom. The van der Waals surface area contributed by atoms with Crippen molar-refractivity contribution in [2.24, 2.45) is 0 Å². The molecule has 2 rings (SSSR count). The largest absolute Gasteiger partial charge is 0.467 e. The maximum absolute atomic E-state index is 12.7. The second kappa shape index (κ2) is 8.02. The first-order valence-electron chi connectivity index (χ1n) is 7.19. The molecule has 0 saturated heterocycles. The molecule has 0 saturated carbocycles. The zero-order valence-electron chi connectivity index (χ0n) is 13.5. The summed E-state index contributed by atoms with van der Waals surface area (Å²) in [6.07, 6.45) is 0. The highest BCUT2D eigenvalue weighted by Crippen LogP contribution is 2.29. The third-order valence-electron chi connectivity index (χ3n) is 3.65. The number of nitriles is 1. The Morgan fingerprint density at radius 2 is 1.76 bits per heavy atom. The van der Waals surface area contributed by atoms with Gasteiger partial charge in [0.2, 0.25) is 0 Å². The number of benzene rings is 2. The molecular formula is C18H14Cl2N2O3. The van der Waals surface area contributed by atoms with Crippen LogP contribution in [0.2, 0.25) is 10.0 Å². The van der Waals surface area contributed by atoms with Gasteiger partial charge in [0.05, 0.1) is 28.8 Å². The summed E-state index contributed by atoms with van der Waals surface area (Å²) < 4.78 is 4.83. The molecule has 0 aromatic heterocycles. The predicted octanol–water partition coefficient (Wildman–Crippen LogP) is 3.85. The van der Waals surface area contributed by atoms with Crippen LogP contribution in [0.5, 0.6) is 0 Å². The average Bonchev–Trinajstić information content (AvgIpc) is 2.63. The first kappa shape index (κ1) is 18.8. The fourth-order valence-electron chi connectivity index (χ4n) is 2.32. The number of nitrogens with zero attached hydrogens (tertiary/aromatic N) is 2. The van der Waals surface area contributed by atoms with E-state index in [4.69, 9.17) is 33.2 Å². The number of carbonyl (C=O) groups excluding carboxylic acids is 2. The second-order valence-corrected chi connectivity index (χ2v) is 6.02. The molecular weight excluding hydrogens is 363 g/mol. The zero-order valence-corrected chi connectivity index (χ0v) is 15.0. The molecule has 0 aliphatic heterocycles. The van der Waals surface area contributed by atoms with Crippen LogP contribution in [0.3, 0.4) is 0 Å². The van der Waals surface area contributed by atoms with Gasteiger partial charge in [-0.3, -0.25) is 4.79 Å². The fraction of sp³-hybridized carbons (Fsp3) is 0.167. The molecule has 0 aliphatic carbocycles. The van der Waals surface area contributed by atoms with Crippen LogP contribution in [0.25, 0.3) is 0 Å². The number of halogens is 2. The summed E-state index contributed by atoms with van der Waals surface area (Å²) in [5.41, 5.74) is 1.26. The molecule has 0 bridgehead atoms. The molecule has 1 atom stereocenters. The minimum atomic E-state index is -0.983. The standard InChI is InChI=1S/C18H14Cl2N2O3/c1-22(17(23)12-5-3-11(10-21)4-6-12)16(18(24)25-2)13-7-8-14(19)15(20)9-13/h3-9,16H,1-2H3/t16-/m1/s1. The highest BCUT2D eigenvalue weighted by molar-refractivity contribution is 6.42. The van der Waals surface area contributed by atoms with Crippen LogP contribution >= 0.6 is 23.2 Å². The van der Waals surface area contributed by atoms with Crippen LogP contribution in [-0.2, 0) is 9.53 Å². The van der Waals surface area contributed by atoms with Gasteiger partial charge >= 0.3 is 5.97 Å². The first-order chi connectivity index (χ1) is 11.9. The number of hydrogen-bond donors (Lipinski definition) is 0. The topological polar surface area (TPSA) is 70.4 Å². The third kappa shape index (κ3) is 4.11. The van der Waals surface area contributed by atoms with E-state index < -0.39 is 17.9 Å².